The molecule has 0 bridgehead atoms. The molecule has 1 aliphatic heterocycles. The molecule has 28 heavy (non-hydrogen) atoms. The highest BCUT2D eigenvalue weighted by Gasteiger charge is 2.34. The summed E-state index contributed by atoms with van der Waals surface area (Å²) in [6.45, 7) is 1.58. The van der Waals surface area contributed by atoms with Crippen molar-refractivity contribution in [3.63, 3.8) is 0 Å². The Labute approximate surface area is 157 Å². The summed E-state index contributed by atoms with van der Waals surface area (Å²) in [7, 11) is 0. The van der Waals surface area contributed by atoms with Crippen LogP contribution in [-0.2, 0) is 23.9 Å². The molecule has 0 saturated carbocycles. The van der Waals surface area contributed by atoms with Crippen LogP contribution in [-0.4, -0.2) is 27.7 Å². The van der Waals surface area contributed by atoms with E-state index in [0.717, 1.165) is 6.07 Å². The Kier molecular flexibility index (Phi) is 4.99. The van der Waals surface area contributed by atoms with Crippen LogP contribution in [0.15, 0.2) is 34.3 Å². The number of alkyl halides is 3. The van der Waals surface area contributed by atoms with Gasteiger partial charge in [-0.3, -0.25) is 4.79 Å². The second-order valence-corrected chi connectivity index (χ2v) is 6.02. The van der Waals surface area contributed by atoms with Crippen molar-refractivity contribution in [3.8, 4) is 11.4 Å². The van der Waals surface area contributed by atoms with Gasteiger partial charge < -0.3 is 16.8 Å². The van der Waals surface area contributed by atoms with Crippen LogP contribution in [0.4, 0.5) is 19.0 Å². The van der Waals surface area contributed by atoms with Crippen LogP contribution in [0.25, 0.3) is 11.4 Å². The minimum atomic E-state index is -4.60. The fourth-order valence-corrected chi connectivity index (χ4v) is 2.70. The number of carbonyl (C=O) groups excluding carboxylic acids is 1. The average Bonchev–Trinajstić information content (AvgIpc) is 2.59. The smallest absolute Gasteiger partial charge is 0.387 e. The van der Waals surface area contributed by atoms with Crippen molar-refractivity contribution in [3.05, 3.63) is 41.1 Å². The van der Waals surface area contributed by atoms with E-state index in [0.29, 0.717) is 5.56 Å². The second kappa shape index (κ2) is 7.25. The molecular weight excluding hydrogens is 375 g/mol. The second-order valence-electron chi connectivity index (χ2n) is 6.02. The normalized spacial score (nSPS) is 15.2. The van der Waals surface area contributed by atoms with Crippen LogP contribution in [0, 0.1) is 0 Å². The number of fused-ring (bicyclic) bond motifs is 1. The van der Waals surface area contributed by atoms with Crippen molar-refractivity contribution < 1.29 is 18.0 Å². The number of benzene rings is 1. The predicted octanol–water partition coefficient (Wildman–Crippen LogP) is 1.66. The van der Waals surface area contributed by atoms with Gasteiger partial charge in [-0.25, -0.2) is 15.0 Å². The van der Waals surface area contributed by atoms with Gasteiger partial charge in [0.05, 0.1) is 23.5 Å². The van der Waals surface area contributed by atoms with Gasteiger partial charge in [-0.2, -0.15) is 18.2 Å². The zero-order valence-corrected chi connectivity index (χ0v) is 14.7. The molecule has 11 heteroatoms. The van der Waals surface area contributed by atoms with Gasteiger partial charge in [-0.15, -0.1) is 0 Å². The number of amidine groups is 1. The van der Waals surface area contributed by atoms with Gasteiger partial charge in [0.25, 0.3) is 0 Å². The maximum Gasteiger partial charge on any atom is 0.417 e. The number of halogens is 3. The van der Waals surface area contributed by atoms with Gasteiger partial charge in [-0.05, 0) is 13.0 Å². The number of aromatic nitrogens is 2. The number of carbonyl (C=O) groups is 1. The molecule has 0 saturated heterocycles. The fourth-order valence-electron chi connectivity index (χ4n) is 2.70. The Hall–Kier alpha value is -3.50. The van der Waals surface area contributed by atoms with Gasteiger partial charge in [0, 0.05) is 17.7 Å². The van der Waals surface area contributed by atoms with Gasteiger partial charge in [0.1, 0.15) is 0 Å². The fraction of sp³-hybridized carbons (Fsp3) is 0.235. The summed E-state index contributed by atoms with van der Waals surface area (Å²) in [5, 5.41) is 2.62. The maximum absolute atomic E-state index is 13.4. The summed E-state index contributed by atoms with van der Waals surface area (Å²) in [6.07, 6.45) is -4.71. The van der Waals surface area contributed by atoms with Crippen molar-refractivity contribution in [1.29, 1.82) is 0 Å². The first-order valence-electron chi connectivity index (χ1n) is 8.13. The number of rotatable bonds is 2. The van der Waals surface area contributed by atoms with E-state index in [4.69, 9.17) is 11.5 Å². The van der Waals surface area contributed by atoms with Crippen LogP contribution in [0.2, 0.25) is 0 Å². The van der Waals surface area contributed by atoms with E-state index in [-0.39, 0.29) is 53.6 Å². The van der Waals surface area contributed by atoms with E-state index in [2.05, 4.69) is 25.3 Å². The lowest BCUT2D eigenvalue weighted by atomic mass is 10.0. The van der Waals surface area contributed by atoms with Crippen molar-refractivity contribution in [2.24, 2.45) is 21.5 Å². The standard InChI is InChI=1S/C17H16F3N7O/c1-8(21)24-16(22)27-15-10-7-23-13(28)6-12(10)25-14(26-15)9-4-2-3-5-11(9)17(18,19)20/h2-5H,6-7H2,1H3,(H,23,28)(H4,21,22,24,25,26,27). The lowest BCUT2D eigenvalue weighted by Crippen LogP contribution is -2.31. The number of hydrogen-bond donors (Lipinski definition) is 3. The third-order valence-electron chi connectivity index (χ3n) is 3.85. The van der Waals surface area contributed by atoms with Crippen molar-refractivity contribution in [2.45, 2.75) is 26.1 Å². The Balaban J connectivity index is 2.22. The molecule has 1 amide bonds. The number of amides is 1. The quantitative estimate of drug-likeness (QED) is 0.529. The molecule has 0 radical (unpaired) electrons. The van der Waals surface area contributed by atoms with Gasteiger partial charge in [0.2, 0.25) is 11.9 Å². The predicted molar refractivity (Wildman–Crippen MR) is 96.6 cm³/mol. The molecule has 0 aliphatic carbocycles. The minimum absolute atomic E-state index is 0.0273. The summed E-state index contributed by atoms with van der Waals surface area (Å²) in [5.41, 5.74) is 10.8. The third kappa shape index (κ3) is 4.08. The topological polar surface area (TPSA) is 132 Å². The molecule has 0 unspecified atom stereocenters. The number of aliphatic imine (C=N–C) groups is 2. The Morgan fingerprint density at radius 2 is 1.93 bits per heavy atom. The van der Waals surface area contributed by atoms with Crippen LogP contribution in [0.3, 0.4) is 0 Å². The SMILES string of the molecule is CC(N)=NC(N)=Nc1nc(-c2ccccc2C(F)(F)F)nc2c1CNC(=O)C2. The van der Waals surface area contributed by atoms with Gasteiger partial charge >= 0.3 is 6.18 Å². The number of nitrogens with zero attached hydrogens (tertiary/aromatic N) is 4. The van der Waals surface area contributed by atoms with E-state index in [1.807, 2.05) is 0 Å². The Morgan fingerprint density at radius 3 is 2.61 bits per heavy atom. The molecule has 5 N–H and O–H groups in total. The lowest BCUT2D eigenvalue weighted by molar-refractivity contribution is -0.137. The van der Waals surface area contributed by atoms with Crippen LogP contribution < -0.4 is 16.8 Å². The minimum Gasteiger partial charge on any atom is -0.387 e. The highest BCUT2D eigenvalue weighted by Crippen LogP contribution is 2.37. The molecular formula is C17H16F3N7O. The first-order chi connectivity index (χ1) is 13.1. The summed E-state index contributed by atoms with van der Waals surface area (Å²) >= 11 is 0. The first kappa shape index (κ1) is 19.3. The monoisotopic (exact) mass is 391 g/mol. The first-order valence-corrected chi connectivity index (χ1v) is 8.13. The van der Waals surface area contributed by atoms with Crippen molar-refractivity contribution in [1.82, 2.24) is 15.3 Å². The molecule has 0 atom stereocenters. The highest BCUT2D eigenvalue weighted by atomic mass is 19.4. The molecule has 2 aromatic rings. The van der Waals surface area contributed by atoms with Crippen LogP contribution in [0.1, 0.15) is 23.7 Å². The lowest BCUT2D eigenvalue weighted by Gasteiger charge is -2.19. The summed E-state index contributed by atoms with van der Waals surface area (Å²) in [5.74, 6) is -0.547. The van der Waals surface area contributed by atoms with E-state index >= 15 is 0 Å². The third-order valence-corrected chi connectivity index (χ3v) is 3.85. The van der Waals surface area contributed by atoms with E-state index in [1.54, 1.807) is 0 Å². The molecule has 0 fully saturated rings. The molecule has 1 aromatic heterocycles. The van der Waals surface area contributed by atoms with E-state index < -0.39 is 11.7 Å². The number of guanidine groups is 1. The summed E-state index contributed by atoms with van der Waals surface area (Å²) in [4.78, 5) is 27.9. The van der Waals surface area contributed by atoms with Gasteiger partial charge in [-0.1, -0.05) is 18.2 Å². The number of nitrogens with two attached hydrogens (primary N) is 2. The molecule has 1 aliphatic rings. The Bertz CT molecular complexity index is 995. The van der Waals surface area contributed by atoms with Crippen LogP contribution >= 0.6 is 0 Å². The molecule has 1 aromatic carbocycles. The van der Waals surface area contributed by atoms with Crippen molar-refractivity contribution in [2.75, 3.05) is 0 Å². The average molecular weight is 391 g/mol. The molecule has 146 valence electrons. The van der Waals surface area contributed by atoms with Gasteiger partial charge in [0.15, 0.2) is 11.6 Å². The number of hydrogen-bond acceptors (Lipinski definition) is 4. The zero-order valence-electron chi connectivity index (χ0n) is 14.7. The highest BCUT2D eigenvalue weighted by molar-refractivity contribution is 5.94. The summed E-state index contributed by atoms with van der Waals surface area (Å²) in [6, 6.07) is 4.91. The zero-order chi connectivity index (χ0) is 20.5. The maximum atomic E-state index is 13.4. The van der Waals surface area contributed by atoms with Crippen molar-refractivity contribution >= 4 is 23.5 Å². The molecule has 3 rings (SSSR count). The number of nitrogens with one attached hydrogen (secondary N) is 1. The Morgan fingerprint density at radius 1 is 1.21 bits per heavy atom. The van der Waals surface area contributed by atoms with E-state index in [9.17, 15) is 18.0 Å². The largest absolute Gasteiger partial charge is 0.417 e. The molecule has 0 spiro atoms. The summed E-state index contributed by atoms with van der Waals surface area (Å²) < 4.78 is 40.2. The molecule has 2 heterocycles. The van der Waals surface area contributed by atoms with Crippen LogP contribution in [0.5, 0.6) is 0 Å². The van der Waals surface area contributed by atoms with E-state index in [1.165, 1.54) is 25.1 Å². The molecule has 8 nitrogen and oxygen atoms in total.